The molecule has 0 aliphatic heterocycles. The number of thiocarbonyl (C=S) groups is 1. The first-order valence-electron chi connectivity index (χ1n) is 5.63. The average molecular weight is 414 g/mol. The molecule has 1 amide bonds. The van der Waals surface area contributed by atoms with E-state index in [1.54, 1.807) is 36.4 Å². The molecular formula is C14H10Br2N2OS. The summed E-state index contributed by atoms with van der Waals surface area (Å²) in [5.41, 5.74) is 7.54. The fourth-order valence-electron chi connectivity index (χ4n) is 1.61. The Morgan fingerprint density at radius 3 is 2.05 bits per heavy atom. The predicted octanol–water partition coefficient (Wildman–Crippen LogP) is 4.10. The van der Waals surface area contributed by atoms with Gasteiger partial charge in [-0.15, -0.1) is 0 Å². The third kappa shape index (κ3) is 3.88. The Bertz CT molecular complexity index is 651. The smallest absolute Gasteiger partial charge is 0.255 e. The predicted molar refractivity (Wildman–Crippen MR) is 92.1 cm³/mol. The normalized spacial score (nSPS) is 10.1. The van der Waals surface area contributed by atoms with Crippen LogP contribution in [0.4, 0.5) is 5.69 Å². The van der Waals surface area contributed by atoms with Gasteiger partial charge in [0, 0.05) is 25.8 Å². The molecule has 6 heteroatoms. The lowest BCUT2D eigenvalue weighted by Crippen LogP contribution is -2.13. The van der Waals surface area contributed by atoms with Crippen molar-refractivity contribution in [3.8, 4) is 0 Å². The van der Waals surface area contributed by atoms with Crippen molar-refractivity contribution in [2.24, 2.45) is 5.73 Å². The number of anilines is 1. The number of halogens is 2. The molecule has 2 aromatic rings. The zero-order valence-corrected chi connectivity index (χ0v) is 14.2. The quantitative estimate of drug-likeness (QED) is 0.744. The Balaban J connectivity index is 2.16. The molecule has 0 atom stereocenters. The van der Waals surface area contributed by atoms with Crippen LogP contribution in [-0.4, -0.2) is 10.9 Å². The van der Waals surface area contributed by atoms with E-state index in [2.05, 4.69) is 37.2 Å². The second-order valence-corrected chi connectivity index (χ2v) is 6.33. The highest BCUT2D eigenvalue weighted by Gasteiger charge is 2.08. The third-order valence-electron chi connectivity index (χ3n) is 2.55. The number of nitrogens with one attached hydrogen (secondary N) is 1. The average Bonchev–Trinajstić information content (AvgIpc) is 2.38. The number of carbonyl (C=O) groups is 1. The molecule has 0 heterocycles. The molecular weight excluding hydrogens is 404 g/mol. The zero-order chi connectivity index (χ0) is 14.7. The molecule has 0 radical (unpaired) electrons. The number of rotatable bonds is 3. The number of hydrogen-bond donors (Lipinski definition) is 2. The van der Waals surface area contributed by atoms with E-state index in [4.69, 9.17) is 18.0 Å². The first-order chi connectivity index (χ1) is 9.45. The second-order valence-electron chi connectivity index (χ2n) is 4.05. The van der Waals surface area contributed by atoms with E-state index >= 15 is 0 Å². The lowest BCUT2D eigenvalue weighted by atomic mass is 10.2. The molecule has 3 N–H and O–H groups in total. The second kappa shape index (κ2) is 6.47. The molecule has 0 spiro atoms. The molecule has 0 saturated heterocycles. The van der Waals surface area contributed by atoms with Crippen molar-refractivity contribution in [3.05, 3.63) is 62.5 Å². The van der Waals surface area contributed by atoms with Gasteiger partial charge in [0.05, 0.1) is 0 Å². The van der Waals surface area contributed by atoms with Crippen LogP contribution >= 0.6 is 44.1 Å². The van der Waals surface area contributed by atoms with Gasteiger partial charge in [-0.1, -0.05) is 44.1 Å². The SMILES string of the molecule is NC(=S)c1ccc(NC(=O)c2cc(Br)cc(Br)c2)cc1. The fraction of sp³-hybridized carbons (Fsp3) is 0. The first kappa shape index (κ1) is 15.2. The summed E-state index contributed by atoms with van der Waals surface area (Å²) in [6.45, 7) is 0. The summed E-state index contributed by atoms with van der Waals surface area (Å²) in [5.74, 6) is -0.185. The fourth-order valence-corrected chi connectivity index (χ4v) is 3.04. The summed E-state index contributed by atoms with van der Waals surface area (Å²) < 4.78 is 1.67. The van der Waals surface area contributed by atoms with Gasteiger partial charge in [0.25, 0.3) is 5.91 Å². The number of carbonyl (C=O) groups excluding carboxylic acids is 1. The summed E-state index contributed by atoms with van der Waals surface area (Å²) in [6, 6.07) is 12.4. The van der Waals surface area contributed by atoms with Gasteiger partial charge in [-0.05, 0) is 42.5 Å². The highest BCUT2D eigenvalue weighted by Crippen LogP contribution is 2.21. The number of hydrogen-bond acceptors (Lipinski definition) is 2. The van der Waals surface area contributed by atoms with E-state index < -0.39 is 0 Å². The highest BCUT2D eigenvalue weighted by molar-refractivity contribution is 9.11. The number of nitrogens with two attached hydrogens (primary N) is 1. The Morgan fingerprint density at radius 1 is 1.00 bits per heavy atom. The molecule has 102 valence electrons. The summed E-state index contributed by atoms with van der Waals surface area (Å²) in [6.07, 6.45) is 0. The zero-order valence-electron chi connectivity index (χ0n) is 10.2. The molecule has 20 heavy (non-hydrogen) atoms. The maximum Gasteiger partial charge on any atom is 0.255 e. The van der Waals surface area contributed by atoms with E-state index in [0.717, 1.165) is 14.5 Å². The van der Waals surface area contributed by atoms with Crippen molar-refractivity contribution in [2.75, 3.05) is 5.32 Å². The van der Waals surface area contributed by atoms with Crippen molar-refractivity contribution in [2.45, 2.75) is 0 Å². The van der Waals surface area contributed by atoms with Crippen LogP contribution in [0.5, 0.6) is 0 Å². The van der Waals surface area contributed by atoms with Crippen molar-refractivity contribution < 1.29 is 4.79 Å². The molecule has 0 aromatic heterocycles. The Morgan fingerprint density at radius 2 is 1.55 bits per heavy atom. The van der Waals surface area contributed by atoms with Gasteiger partial charge >= 0.3 is 0 Å². The monoisotopic (exact) mass is 412 g/mol. The first-order valence-corrected chi connectivity index (χ1v) is 7.62. The van der Waals surface area contributed by atoms with Crippen molar-refractivity contribution in [3.63, 3.8) is 0 Å². The highest BCUT2D eigenvalue weighted by atomic mass is 79.9. The van der Waals surface area contributed by atoms with Crippen molar-refractivity contribution in [1.29, 1.82) is 0 Å². The molecule has 0 unspecified atom stereocenters. The topological polar surface area (TPSA) is 55.1 Å². The van der Waals surface area contributed by atoms with Crippen LogP contribution in [0.15, 0.2) is 51.4 Å². The molecule has 3 nitrogen and oxygen atoms in total. The lowest BCUT2D eigenvalue weighted by Gasteiger charge is -2.07. The maximum absolute atomic E-state index is 12.1. The van der Waals surface area contributed by atoms with Crippen LogP contribution in [0.2, 0.25) is 0 Å². The van der Waals surface area contributed by atoms with Crippen molar-refractivity contribution >= 4 is 60.7 Å². The minimum Gasteiger partial charge on any atom is -0.389 e. The van der Waals surface area contributed by atoms with E-state index in [1.807, 2.05) is 6.07 Å². The van der Waals surface area contributed by atoms with Gasteiger partial charge in [-0.2, -0.15) is 0 Å². The van der Waals surface area contributed by atoms with E-state index in [-0.39, 0.29) is 5.91 Å². The Hall–Kier alpha value is -1.24. The van der Waals surface area contributed by atoms with E-state index in [1.165, 1.54) is 0 Å². The van der Waals surface area contributed by atoms with Crippen LogP contribution < -0.4 is 11.1 Å². The van der Waals surface area contributed by atoms with E-state index in [0.29, 0.717) is 16.2 Å². The van der Waals surface area contributed by atoms with Crippen molar-refractivity contribution in [1.82, 2.24) is 0 Å². The van der Waals surface area contributed by atoms with Gasteiger partial charge < -0.3 is 11.1 Å². The minimum atomic E-state index is -0.185. The van der Waals surface area contributed by atoms with Crippen LogP contribution in [0, 0.1) is 0 Å². The van der Waals surface area contributed by atoms with Crippen LogP contribution in [0.1, 0.15) is 15.9 Å². The lowest BCUT2D eigenvalue weighted by molar-refractivity contribution is 0.102. The molecule has 0 fully saturated rings. The Kier molecular flexibility index (Phi) is 4.91. The van der Waals surface area contributed by atoms with Crippen LogP contribution in [0.25, 0.3) is 0 Å². The van der Waals surface area contributed by atoms with Gasteiger partial charge in [-0.3, -0.25) is 4.79 Å². The summed E-state index contributed by atoms with van der Waals surface area (Å²) in [4.78, 5) is 12.5. The summed E-state index contributed by atoms with van der Waals surface area (Å²) >= 11 is 11.6. The van der Waals surface area contributed by atoms with E-state index in [9.17, 15) is 4.79 Å². The molecule has 0 aliphatic carbocycles. The summed E-state index contributed by atoms with van der Waals surface area (Å²) in [5, 5.41) is 2.81. The number of amides is 1. The molecule has 2 rings (SSSR count). The minimum absolute atomic E-state index is 0.185. The van der Waals surface area contributed by atoms with Gasteiger partial charge in [0.1, 0.15) is 4.99 Å². The number of benzene rings is 2. The molecule has 2 aromatic carbocycles. The largest absolute Gasteiger partial charge is 0.389 e. The summed E-state index contributed by atoms with van der Waals surface area (Å²) in [7, 11) is 0. The molecule has 0 aliphatic rings. The van der Waals surface area contributed by atoms with Gasteiger partial charge in [-0.25, -0.2) is 0 Å². The third-order valence-corrected chi connectivity index (χ3v) is 3.70. The van der Waals surface area contributed by atoms with Gasteiger partial charge in [0.15, 0.2) is 0 Å². The standard InChI is InChI=1S/C14H10Br2N2OS/c15-10-5-9(6-11(16)7-10)14(19)18-12-3-1-8(2-4-12)13(17)20/h1-7H,(H2,17,20)(H,18,19). The van der Waals surface area contributed by atoms with Crippen LogP contribution in [0.3, 0.4) is 0 Å². The van der Waals surface area contributed by atoms with Crippen LogP contribution in [-0.2, 0) is 0 Å². The maximum atomic E-state index is 12.1. The molecule has 0 saturated carbocycles. The van der Waals surface area contributed by atoms with Gasteiger partial charge in [0.2, 0.25) is 0 Å². The Labute approximate surface area is 138 Å². The molecule has 0 bridgehead atoms.